The molecule has 0 aliphatic heterocycles. The Labute approximate surface area is 102 Å². The molecule has 0 spiro atoms. The third-order valence-electron chi connectivity index (χ3n) is 2.69. The van der Waals surface area contributed by atoms with Crippen LogP contribution in [-0.2, 0) is 6.54 Å². The van der Waals surface area contributed by atoms with Crippen molar-refractivity contribution in [1.82, 2.24) is 15.3 Å². The number of rotatable bonds is 4. The molecule has 1 N–H and O–H groups in total. The van der Waals surface area contributed by atoms with E-state index in [9.17, 15) is 0 Å². The lowest BCUT2D eigenvalue weighted by Crippen LogP contribution is -2.19. The predicted octanol–water partition coefficient (Wildman–Crippen LogP) is 2.64. The third-order valence-corrected chi connectivity index (χ3v) is 2.69. The van der Waals surface area contributed by atoms with Crippen LogP contribution in [0.2, 0.25) is 0 Å². The normalized spacial score (nSPS) is 12.4. The molecule has 2 aromatic heterocycles. The van der Waals surface area contributed by atoms with Gasteiger partial charge in [-0.3, -0.25) is 9.97 Å². The SMILES string of the molecule is Cc1ccc(CN[C@H](C)c2ccccn2)nc1. The van der Waals surface area contributed by atoms with Crippen molar-refractivity contribution in [2.75, 3.05) is 0 Å². The fourth-order valence-corrected chi connectivity index (χ4v) is 1.60. The molecule has 0 saturated carbocycles. The molecule has 0 aliphatic carbocycles. The van der Waals surface area contributed by atoms with Gasteiger partial charge in [-0.2, -0.15) is 0 Å². The van der Waals surface area contributed by atoms with Crippen molar-refractivity contribution in [3.8, 4) is 0 Å². The van der Waals surface area contributed by atoms with Gasteiger partial charge in [0.1, 0.15) is 0 Å². The van der Waals surface area contributed by atoms with Crippen LogP contribution in [-0.4, -0.2) is 9.97 Å². The number of aromatic nitrogens is 2. The first-order chi connectivity index (χ1) is 8.25. The lowest BCUT2D eigenvalue weighted by molar-refractivity contribution is 0.555. The van der Waals surface area contributed by atoms with E-state index in [-0.39, 0.29) is 6.04 Å². The molecule has 0 aliphatic rings. The van der Waals surface area contributed by atoms with Crippen LogP contribution in [0.1, 0.15) is 29.9 Å². The van der Waals surface area contributed by atoms with E-state index in [0.717, 1.165) is 17.9 Å². The van der Waals surface area contributed by atoms with E-state index in [0.29, 0.717) is 0 Å². The molecule has 0 amide bonds. The molecule has 3 heteroatoms. The molecule has 0 aromatic carbocycles. The van der Waals surface area contributed by atoms with Gasteiger partial charge in [-0.25, -0.2) is 0 Å². The minimum absolute atomic E-state index is 0.235. The number of hydrogen-bond acceptors (Lipinski definition) is 3. The summed E-state index contributed by atoms with van der Waals surface area (Å²) < 4.78 is 0. The maximum absolute atomic E-state index is 4.36. The monoisotopic (exact) mass is 227 g/mol. The summed E-state index contributed by atoms with van der Waals surface area (Å²) >= 11 is 0. The quantitative estimate of drug-likeness (QED) is 0.872. The van der Waals surface area contributed by atoms with Gasteiger partial charge in [0.15, 0.2) is 0 Å². The van der Waals surface area contributed by atoms with Gasteiger partial charge in [0.2, 0.25) is 0 Å². The van der Waals surface area contributed by atoms with Gasteiger partial charge < -0.3 is 5.32 Å². The highest BCUT2D eigenvalue weighted by Gasteiger charge is 2.05. The Balaban J connectivity index is 1.92. The van der Waals surface area contributed by atoms with Crippen molar-refractivity contribution in [1.29, 1.82) is 0 Å². The zero-order valence-electron chi connectivity index (χ0n) is 10.2. The topological polar surface area (TPSA) is 37.8 Å². The molecule has 0 saturated heterocycles. The van der Waals surface area contributed by atoms with Crippen molar-refractivity contribution >= 4 is 0 Å². The maximum atomic E-state index is 4.36. The lowest BCUT2D eigenvalue weighted by atomic mass is 10.2. The first-order valence-electron chi connectivity index (χ1n) is 5.81. The molecule has 2 rings (SSSR count). The molecule has 2 heterocycles. The summed E-state index contributed by atoms with van der Waals surface area (Å²) in [4.78, 5) is 8.68. The smallest absolute Gasteiger partial charge is 0.0570 e. The van der Waals surface area contributed by atoms with Crippen LogP contribution in [0, 0.1) is 6.92 Å². The van der Waals surface area contributed by atoms with Crippen LogP contribution in [0.15, 0.2) is 42.7 Å². The van der Waals surface area contributed by atoms with E-state index in [1.165, 1.54) is 5.56 Å². The molecular weight excluding hydrogens is 210 g/mol. The summed E-state index contributed by atoms with van der Waals surface area (Å²) in [5.41, 5.74) is 3.30. The highest BCUT2D eigenvalue weighted by atomic mass is 14.9. The highest BCUT2D eigenvalue weighted by molar-refractivity contribution is 5.13. The van der Waals surface area contributed by atoms with Gasteiger partial charge in [0.05, 0.1) is 11.4 Å². The summed E-state index contributed by atoms with van der Waals surface area (Å²) in [7, 11) is 0. The fraction of sp³-hybridized carbons (Fsp3) is 0.286. The molecule has 0 fully saturated rings. The molecule has 0 unspecified atom stereocenters. The number of pyridine rings is 2. The first-order valence-corrected chi connectivity index (χ1v) is 5.81. The van der Waals surface area contributed by atoms with E-state index in [1.54, 1.807) is 0 Å². The number of hydrogen-bond donors (Lipinski definition) is 1. The van der Waals surface area contributed by atoms with Crippen LogP contribution >= 0.6 is 0 Å². The van der Waals surface area contributed by atoms with Crippen LogP contribution < -0.4 is 5.32 Å². The molecule has 0 bridgehead atoms. The van der Waals surface area contributed by atoms with Crippen LogP contribution in [0.25, 0.3) is 0 Å². The molecule has 88 valence electrons. The molecule has 17 heavy (non-hydrogen) atoms. The largest absolute Gasteiger partial charge is 0.303 e. The second kappa shape index (κ2) is 5.55. The summed E-state index contributed by atoms with van der Waals surface area (Å²) in [6.45, 7) is 4.91. The van der Waals surface area contributed by atoms with E-state index in [2.05, 4.69) is 28.3 Å². The van der Waals surface area contributed by atoms with Gasteiger partial charge in [-0.1, -0.05) is 12.1 Å². The maximum Gasteiger partial charge on any atom is 0.0570 e. The zero-order chi connectivity index (χ0) is 12.1. The second-order valence-electron chi connectivity index (χ2n) is 4.18. The van der Waals surface area contributed by atoms with Crippen LogP contribution in [0.5, 0.6) is 0 Å². The van der Waals surface area contributed by atoms with Gasteiger partial charge in [0, 0.05) is 25.0 Å². The van der Waals surface area contributed by atoms with Crippen molar-refractivity contribution in [2.45, 2.75) is 26.4 Å². The Morgan fingerprint density at radius 1 is 1.18 bits per heavy atom. The van der Waals surface area contributed by atoms with Crippen LogP contribution in [0.4, 0.5) is 0 Å². The summed E-state index contributed by atoms with van der Waals surface area (Å²) in [5, 5.41) is 3.41. The molecule has 1 atom stereocenters. The Hall–Kier alpha value is -1.74. The van der Waals surface area contributed by atoms with Crippen LogP contribution in [0.3, 0.4) is 0 Å². The van der Waals surface area contributed by atoms with E-state index in [1.807, 2.05) is 43.6 Å². The van der Waals surface area contributed by atoms with E-state index in [4.69, 9.17) is 0 Å². The first kappa shape index (κ1) is 11.7. The predicted molar refractivity (Wildman–Crippen MR) is 68.5 cm³/mol. The standard InChI is InChI=1S/C14H17N3/c1-11-6-7-13(17-9-11)10-16-12(2)14-5-3-4-8-15-14/h3-9,12,16H,10H2,1-2H3/t12-/m1/s1. The fourth-order valence-electron chi connectivity index (χ4n) is 1.60. The Morgan fingerprint density at radius 2 is 2.06 bits per heavy atom. The van der Waals surface area contributed by atoms with E-state index < -0.39 is 0 Å². The minimum atomic E-state index is 0.235. The number of nitrogens with one attached hydrogen (secondary N) is 1. The molecule has 2 aromatic rings. The lowest BCUT2D eigenvalue weighted by Gasteiger charge is -2.12. The van der Waals surface area contributed by atoms with Gasteiger partial charge in [-0.15, -0.1) is 0 Å². The van der Waals surface area contributed by atoms with Gasteiger partial charge in [-0.05, 0) is 37.6 Å². The summed E-state index contributed by atoms with van der Waals surface area (Å²) in [5.74, 6) is 0. The molecule has 0 radical (unpaired) electrons. The van der Waals surface area contributed by atoms with Crippen molar-refractivity contribution in [3.63, 3.8) is 0 Å². The van der Waals surface area contributed by atoms with Crippen molar-refractivity contribution in [2.24, 2.45) is 0 Å². The molecular formula is C14H17N3. The Morgan fingerprint density at radius 3 is 2.71 bits per heavy atom. The van der Waals surface area contributed by atoms with Crippen molar-refractivity contribution in [3.05, 3.63) is 59.7 Å². The number of aryl methyl sites for hydroxylation is 1. The van der Waals surface area contributed by atoms with E-state index >= 15 is 0 Å². The third kappa shape index (κ3) is 3.36. The van der Waals surface area contributed by atoms with Gasteiger partial charge in [0.25, 0.3) is 0 Å². The summed E-state index contributed by atoms with van der Waals surface area (Å²) in [6.07, 6.45) is 3.71. The zero-order valence-corrected chi connectivity index (χ0v) is 10.2. The summed E-state index contributed by atoms with van der Waals surface area (Å²) in [6, 6.07) is 10.3. The second-order valence-corrected chi connectivity index (χ2v) is 4.18. The number of nitrogens with zero attached hydrogens (tertiary/aromatic N) is 2. The van der Waals surface area contributed by atoms with Gasteiger partial charge >= 0.3 is 0 Å². The van der Waals surface area contributed by atoms with Crippen molar-refractivity contribution < 1.29 is 0 Å². The Kier molecular flexibility index (Phi) is 3.83. The minimum Gasteiger partial charge on any atom is -0.303 e. The molecule has 3 nitrogen and oxygen atoms in total. The average molecular weight is 227 g/mol. The highest BCUT2D eigenvalue weighted by Crippen LogP contribution is 2.08. The average Bonchev–Trinajstić information content (AvgIpc) is 2.39. The Bertz CT molecular complexity index is 451.